The van der Waals surface area contributed by atoms with Crippen LogP contribution in [0.4, 0.5) is 13.6 Å². The van der Waals surface area contributed by atoms with E-state index in [1.807, 2.05) is 36.4 Å². The number of ether oxygens (including phenoxy) is 2. The normalized spacial score (nSPS) is 16.9. The number of aromatic nitrogens is 1. The Morgan fingerprint density at radius 1 is 0.909 bits per heavy atom. The third-order valence-electron chi connectivity index (χ3n) is 8.31. The highest BCUT2D eigenvalue weighted by Crippen LogP contribution is 2.41. The van der Waals surface area contributed by atoms with E-state index in [-0.39, 0.29) is 17.8 Å². The van der Waals surface area contributed by atoms with Crippen molar-refractivity contribution in [3.05, 3.63) is 119 Å². The number of benzene rings is 3. The number of hydrogen-bond acceptors (Lipinski definition) is 5. The first-order chi connectivity index (χ1) is 21.2. The quantitative estimate of drug-likeness (QED) is 0.211. The van der Waals surface area contributed by atoms with Crippen molar-refractivity contribution >= 4 is 21.5 Å². The van der Waals surface area contributed by atoms with Crippen molar-refractivity contribution in [2.45, 2.75) is 49.4 Å². The molecule has 1 spiro atoms. The van der Waals surface area contributed by atoms with E-state index in [0.29, 0.717) is 37.4 Å². The van der Waals surface area contributed by atoms with Crippen LogP contribution in [-0.2, 0) is 38.8 Å². The van der Waals surface area contributed by atoms with E-state index in [0.717, 1.165) is 64.7 Å². The number of halogens is 2. The lowest BCUT2D eigenvalue weighted by Crippen LogP contribution is -2.51. The molecule has 0 N–H and O–H groups in total. The topological polar surface area (TPSA) is 68.7 Å². The van der Waals surface area contributed by atoms with Crippen LogP contribution < -0.4 is 4.74 Å². The maximum atomic E-state index is 13.4. The van der Waals surface area contributed by atoms with Crippen LogP contribution in [0.15, 0.2) is 85.1 Å². The van der Waals surface area contributed by atoms with Gasteiger partial charge in [-0.25, -0.2) is 13.6 Å². The molecular formula is C35H34F2N2O4S. The van der Waals surface area contributed by atoms with Crippen molar-refractivity contribution in [2.75, 3.05) is 13.1 Å². The summed E-state index contributed by atoms with van der Waals surface area (Å²) < 4.78 is 51.8. The molecule has 0 bridgehead atoms. The molecule has 9 heteroatoms. The number of aryl methyl sites for hydroxylation is 1. The number of hydrogen-bond donors (Lipinski definition) is 0. The SMILES string of the molecule is C=S(=O)(Cc1ccc(-c2ccc3c(c2)CCC2(CCN(C(=O)OCc4cc(F)cc(F)c4)CC2)O3)cc1)Cc1ccccn1. The first kappa shape index (κ1) is 29.8. The van der Waals surface area contributed by atoms with E-state index >= 15 is 0 Å². The first-order valence-corrected chi connectivity index (χ1v) is 16.7. The van der Waals surface area contributed by atoms with Gasteiger partial charge in [-0.3, -0.25) is 9.19 Å². The van der Waals surface area contributed by atoms with Gasteiger partial charge in [0.15, 0.2) is 0 Å². The highest BCUT2D eigenvalue weighted by molar-refractivity contribution is 7.98. The van der Waals surface area contributed by atoms with Gasteiger partial charge in [-0.05, 0) is 92.4 Å². The molecule has 1 amide bonds. The van der Waals surface area contributed by atoms with Gasteiger partial charge < -0.3 is 14.4 Å². The number of nitrogens with zero attached hydrogens (tertiary/aromatic N) is 2. The number of likely N-dealkylation sites (tertiary alicyclic amines) is 1. The summed E-state index contributed by atoms with van der Waals surface area (Å²) in [6, 6.07) is 23.1. The molecule has 228 valence electrons. The fourth-order valence-electron chi connectivity index (χ4n) is 5.98. The predicted octanol–water partition coefficient (Wildman–Crippen LogP) is 6.94. The average molecular weight is 617 g/mol. The van der Waals surface area contributed by atoms with E-state index in [1.54, 1.807) is 11.1 Å². The lowest BCUT2D eigenvalue weighted by atomic mass is 9.82. The van der Waals surface area contributed by atoms with Crippen molar-refractivity contribution in [3.63, 3.8) is 0 Å². The van der Waals surface area contributed by atoms with Gasteiger partial charge in [-0.15, -0.1) is 0 Å². The summed E-state index contributed by atoms with van der Waals surface area (Å²) in [5.74, 6) is 4.19. The van der Waals surface area contributed by atoms with Gasteiger partial charge in [0.2, 0.25) is 0 Å². The number of piperidine rings is 1. The monoisotopic (exact) mass is 616 g/mol. The van der Waals surface area contributed by atoms with Crippen LogP contribution in [0.25, 0.3) is 11.1 Å². The average Bonchev–Trinajstić information content (AvgIpc) is 3.00. The van der Waals surface area contributed by atoms with Crippen molar-refractivity contribution in [3.8, 4) is 16.9 Å². The molecule has 6 nitrogen and oxygen atoms in total. The standard InChI is InChI=1S/C35H34F2N2O4S/c1-44(41,24-32-4-2-3-15-38-32)23-25-5-7-27(8-6-25)28-9-10-33-29(20-28)11-12-35(43-33)13-16-39(17-14-35)34(40)42-22-26-18-30(36)21-31(37)19-26/h2-10,15,18-21H,1,11-14,16-17,22-24H2. The second-order valence-electron chi connectivity index (χ2n) is 11.7. The Morgan fingerprint density at radius 3 is 2.34 bits per heavy atom. The third-order valence-corrected chi connectivity index (χ3v) is 9.99. The largest absolute Gasteiger partial charge is 0.487 e. The van der Waals surface area contributed by atoms with Gasteiger partial charge >= 0.3 is 6.09 Å². The summed E-state index contributed by atoms with van der Waals surface area (Å²) in [7, 11) is -2.35. The summed E-state index contributed by atoms with van der Waals surface area (Å²) in [4.78, 5) is 18.5. The van der Waals surface area contributed by atoms with Gasteiger partial charge in [0, 0.05) is 43.9 Å². The van der Waals surface area contributed by atoms with Crippen molar-refractivity contribution in [2.24, 2.45) is 0 Å². The lowest BCUT2D eigenvalue weighted by Gasteiger charge is -2.44. The zero-order valence-corrected chi connectivity index (χ0v) is 25.2. The van der Waals surface area contributed by atoms with Gasteiger partial charge in [0.25, 0.3) is 0 Å². The lowest BCUT2D eigenvalue weighted by molar-refractivity contribution is -0.0151. The Hall–Kier alpha value is -4.24. The highest BCUT2D eigenvalue weighted by Gasteiger charge is 2.40. The Balaban J connectivity index is 1.03. The first-order valence-electron chi connectivity index (χ1n) is 14.7. The van der Waals surface area contributed by atoms with E-state index < -0.39 is 27.2 Å². The van der Waals surface area contributed by atoms with Crippen molar-refractivity contribution in [1.82, 2.24) is 9.88 Å². The Kier molecular flexibility index (Phi) is 8.40. The fourth-order valence-corrected chi connectivity index (χ4v) is 7.59. The fraction of sp³-hybridized carbons (Fsp3) is 0.286. The predicted molar refractivity (Wildman–Crippen MR) is 168 cm³/mol. The number of carbonyl (C=O) groups is 1. The van der Waals surface area contributed by atoms with Gasteiger partial charge in [-0.1, -0.05) is 36.4 Å². The molecule has 1 aromatic heterocycles. The van der Waals surface area contributed by atoms with E-state index in [2.05, 4.69) is 35.1 Å². The summed E-state index contributed by atoms with van der Waals surface area (Å²) in [6.45, 7) is 0.779. The van der Waals surface area contributed by atoms with Crippen LogP contribution in [0.5, 0.6) is 5.75 Å². The molecular weight excluding hydrogens is 582 g/mol. The number of amides is 1. The molecule has 6 rings (SSSR count). The summed E-state index contributed by atoms with van der Waals surface area (Å²) >= 11 is 0. The van der Waals surface area contributed by atoms with E-state index in [1.165, 1.54) is 0 Å². The summed E-state index contributed by atoms with van der Waals surface area (Å²) in [5, 5.41) is 0. The second-order valence-corrected chi connectivity index (χ2v) is 14.2. The minimum Gasteiger partial charge on any atom is -0.487 e. The second kappa shape index (κ2) is 12.4. The van der Waals surface area contributed by atoms with Crippen LogP contribution in [-0.4, -0.2) is 44.7 Å². The molecule has 0 aliphatic carbocycles. The zero-order valence-electron chi connectivity index (χ0n) is 24.3. The Bertz CT molecular complexity index is 1730. The molecule has 4 aromatic rings. The molecule has 0 radical (unpaired) electrons. The maximum Gasteiger partial charge on any atom is 0.410 e. The minimum absolute atomic E-state index is 0.188. The number of fused-ring (bicyclic) bond motifs is 1. The Morgan fingerprint density at radius 2 is 1.64 bits per heavy atom. The smallest absolute Gasteiger partial charge is 0.410 e. The minimum atomic E-state index is -2.35. The van der Waals surface area contributed by atoms with Crippen LogP contribution in [0.2, 0.25) is 0 Å². The molecule has 44 heavy (non-hydrogen) atoms. The molecule has 1 fully saturated rings. The number of rotatable bonds is 7. The molecule has 0 saturated carbocycles. The van der Waals surface area contributed by atoms with Crippen LogP contribution in [0.3, 0.4) is 0 Å². The molecule has 1 unspecified atom stereocenters. The number of carbonyl (C=O) groups excluding carboxylic acids is 1. The highest BCUT2D eigenvalue weighted by atomic mass is 32.2. The van der Waals surface area contributed by atoms with Crippen molar-refractivity contribution in [1.29, 1.82) is 0 Å². The molecule has 1 saturated heterocycles. The molecule has 1 atom stereocenters. The number of pyridine rings is 1. The van der Waals surface area contributed by atoms with E-state index in [4.69, 9.17) is 9.47 Å². The van der Waals surface area contributed by atoms with Crippen LogP contribution in [0.1, 0.15) is 41.6 Å². The summed E-state index contributed by atoms with van der Waals surface area (Å²) in [5.41, 5.74) is 5.01. The van der Waals surface area contributed by atoms with Gasteiger partial charge in [0.1, 0.15) is 29.6 Å². The summed E-state index contributed by atoms with van der Waals surface area (Å²) in [6.07, 6.45) is 4.28. The Labute approximate surface area is 256 Å². The van der Waals surface area contributed by atoms with Crippen molar-refractivity contribution < 1.29 is 27.3 Å². The zero-order chi connectivity index (χ0) is 30.7. The molecule has 3 heterocycles. The molecule has 2 aliphatic rings. The molecule has 3 aromatic carbocycles. The molecule has 2 aliphatic heterocycles. The van der Waals surface area contributed by atoms with Crippen LogP contribution in [0, 0.1) is 11.6 Å². The van der Waals surface area contributed by atoms with Gasteiger partial charge in [-0.2, -0.15) is 0 Å². The maximum absolute atomic E-state index is 13.4. The van der Waals surface area contributed by atoms with Gasteiger partial charge in [0.05, 0.1) is 11.4 Å². The van der Waals surface area contributed by atoms with Crippen LogP contribution >= 0.6 is 0 Å². The van der Waals surface area contributed by atoms with E-state index in [9.17, 15) is 17.8 Å². The third kappa shape index (κ3) is 7.10.